The minimum atomic E-state index is -0.636. The molecule has 5 heterocycles. The second-order valence-corrected chi connectivity index (χ2v) is 14.6. The number of amides is 3. The number of fused-ring (bicyclic) bond motifs is 2. The van der Waals surface area contributed by atoms with E-state index in [1.54, 1.807) is 62.7 Å². The number of nitrogens with zero attached hydrogens (tertiary/aromatic N) is 10. The summed E-state index contributed by atoms with van der Waals surface area (Å²) in [6.07, 6.45) is 7.33. The third-order valence-electron chi connectivity index (χ3n) is 8.96. The Hall–Kier alpha value is -6.68. The van der Waals surface area contributed by atoms with Gasteiger partial charge in [-0.25, -0.2) is 9.97 Å². The predicted octanol–water partition coefficient (Wildman–Crippen LogP) is 3.27. The summed E-state index contributed by atoms with van der Waals surface area (Å²) in [5, 5.41) is 13.5. The maximum atomic E-state index is 13.6. The molecule has 0 bridgehead atoms. The number of nitrogens with one attached hydrogen (secondary N) is 2. The molecule has 6 rings (SSSR count). The number of benzene rings is 1. The van der Waals surface area contributed by atoms with Gasteiger partial charge in [0.1, 0.15) is 35.2 Å². The number of rotatable bonds is 17. The van der Waals surface area contributed by atoms with Crippen LogP contribution in [0.5, 0.6) is 5.75 Å². The van der Waals surface area contributed by atoms with Crippen molar-refractivity contribution < 1.29 is 28.7 Å². The van der Waals surface area contributed by atoms with Gasteiger partial charge in [-0.2, -0.15) is 15.2 Å². The molecule has 20 nitrogen and oxygen atoms in total. The highest BCUT2D eigenvalue weighted by Crippen LogP contribution is 2.31. The second kappa shape index (κ2) is 22.8. The molecule has 6 N–H and O–H groups in total. The number of thiazole rings is 1. The van der Waals surface area contributed by atoms with Gasteiger partial charge in [-0.15, -0.1) is 0 Å². The van der Waals surface area contributed by atoms with Gasteiger partial charge in [-0.05, 0) is 78.5 Å². The number of primary amides is 1. The van der Waals surface area contributed by atoms with Crippen molar-refractivity contribution in [1.82, 2.24) is 49.1 Å². The van der Waals surface area contributed by atoms with E-state index in [1.165, 1.54) is 24.6 Å². The Bertz CT molecular complexity index is 2630. The van der Waals surface area contributed by atoms with E-state index in [2.05, 4.69) is 36.6 Å². The number of aryl methyl sites for hydroxylation is 4. The Morgan fingerprint density at radius 1 is 0.935 bits per heavy atom. The van der Waals surface area contributed by atoms with Gasteiger partial charge in [-0.3, -0.25) is 48.9 Å². The number of aldehydes is 2. The van der Waals surface area contributed by atoms with E-state index >= 15 is 0 Å². The van der Waals surface area contributed by atoms with Crippen molar-refractivity contribution in [2.45, 2.75) is 66.7 Å². The predicted molar refractivity (Wildman–Crippen MR) is 237 cm³/mol. The first-order valence-electron chi connectivity index (χ1n) is 19.7. The SMILES string of the molecule is CCn1nc(C)cc1C(=O)N=c1sc2cc(C(N)=O)cnc2n1C/C=C/Cn1c(NC(=O)c2cc(C)nn2CC)nc2cc(C=O)cc(OCCCC=O)c21.CN.CNN(C)C. The number of unbranched alkanes of at least 4 members (excludes halogenated alkanes) is 1. The highest BCUT2D eigenvalue weighted by atomic mass is 32.1. The second-order valence-electron chi connectivity index (χ2n) is 13.5. The molecule has 330 valence electrons. The van der Waals surface area contributed by atoms with E-state index in [0.29, 0.717) is 92.5 Å². The lowest BCUT2D eigenvalue weighted by molar-refractivity contribution is -0.108. The monoisotopic (exact) mass is 870 g/mol. The summed E-state index contributed by atoms with van der Waals surface area (Å²) < 4.78 is 13.4. The average molecular weight is 871 g/mol. The number of allylic oxidation sites excluding steroid dienone is 2. The molecule has 3 amide bonds. The van der Waals surface area contributed by atoms with Crippen LogP contribution in [-0.4, -0.2) is 109 Å². The molecule has 6 aromatic rings. The van der Waals surface area contributed by atoms with Crippen molar-refractivity contribution in [2.75, 3.05) is 40.1 Å². The topological polar surface area (TPSA) is 258 Å². The number of hydrazine groups is 1. The summed E-state index contributed by atoms with van der Waals surface area (Å²) in [6, 6.07) is 8.17. The quantitative estimate of drug-likeness (QED) is 0.0445. The van der Waals surface area contributed by atoms with Crippen LogP contribution in [0, 0.1) is 13.8 Å². The number of ether oxygens (including phenoxy) is 1. The number of hydrogen-bond donors (Lipinski definition) is 4. The number of hydrogen-bond acceptors (Lipinski definition) is 14. The zero-order valence-corrected chi connectivity index (χ0v) is 37.0. The van der Waals surface area contributed by atoms with Gasteiger partial charge in [-0.1, -0.05) is 23.5 Å². The molecule has 0 saturated carbocycles. The summed E-state index contributed by atoms with van der Waals surface area (Å²) >= 11 is 1.19. The number of carbonyl (C=O) groups is 5. The Kier molecular flexibility index (Phi) is 17.6. The molecule has 1 aromatic carbocycles. The molecule has 0 radical (unpaired) electrons. The summed E-state index contributed by atoms with van der Waals surface area (Å²) in [6.45, 7) is 8.95. The van der Waals surface area contributed by atoms with Crippen LogP contribution in [-0.2, 0) is 31.0 Å². The molecule has 0 saturated heterocycles. The van der Waals surface area contributed by atoms with Gasteiger partial charge < -0.3 is 25.6 Å². The Morgan fingerprint density at radius 2 is 1.56 bits per heavy atom. The first-order valence-corrected chi connectivity index (χ1v) is 20.6. The molecule has 0 atom stereocenters. The first kappa shape index (κ1) is 48.0. The van der Waals surface area contributed by atoms with E-state index in [4.69, 9.17) is 15.5 Å². The number of nitrogens with two attached hydrogens (primary N) is 2. The normalized spacial score (nSPS) is 11.4. The molecular weight excluding hydrogens is 817 g/mol. The van der Waals surface area contributed by atoms with Gasteiger partial charge in [0.2, 0.25) is 11.9 Å². The van der Waals surface area contributed by atoms with Crippen molar-refractivity contribution in [1.29, 1.82) is 0 Å². The standard InChI is InChI=1S/C37H39N11O6S.C3H10N2.CH5N/c1-5-47-27(15-22(3)43-47)34(52)41-36-40-26-17-24(21-50)18-29(54-14-10-9-13-49)31(26)45(36)11-7-8-12-46-33-30(19-25(20-39-33)32(38)51)55-37(46)42-35(53)28-16-23(4)44-48(28)6-2;1-4-5(2)3;1-2/h7-8,13,15-21H,5-6,9-12,14H2,1-4H3,(H2,38,51)(H,40,41,52);4H,1-3H3;2H2,1H3/b8-7+,42-37?;;. The van der Waals surface area contributed by atoms with E-state index in [1.807, 2.05) is 52.2 Å². The Balaban J connectivity index is 0.00000113. The maximum Gasteiger partial charge on any atom is 0.297 e. The van der Waals surface area contributed by atoms with Crippen molar-refractivity contribution in [3.8, 4) is 5.75 Å². The molecule has 0 spiro atoms. The number of aromatic nitrogens is 8. The van der Waals surface area contributed by atoms with E-state index in [0.717, 1.165) is 6.29 Å². The van der Waals surface area contributed by atoms with E-state index in [-0.39, 0.29) is 31.2 Å². The highest BCUT2D eigenvalue weighted by molar-refractivity contribution is 7.16. The van der Waals surface area contributed by atoms with Crippen molar-refractivity contribution >= 4 is 69.0 Å². The van der Waals surface area contributed by atoms with Crippen LogP contribution >= 0.6 is 11.3 Å². The third-order valence-corrected chi connectivity index (χ3v) is 9.98. The molecule has 62 heavy (non-hydrogen) atoms. The smallest absolute Gasteiger partial charge is 0.297 e. The summed E-state index contributed by atoms with van der Waals surface area (Å²) in [5.41, 5.74) is 16.9. The molecule has 0 fully saturated rings. The molecule has 0 aliphatic carbocycles. The molecule has 0 aliphatic heterocycles. The average Bonchev–Trinajstić information content (AvgIpc) is 4.03. The molecular formula is C41H54N14O6S. The van der Waals surface area contributed by atoms with Crippen LogP contribution < -0.4 is 31.7 Å². The third kappa shape index (κ3) is 11.8. The largest absolute Gasteiger partial charge is 0.491 e. The van der Waals surface area contributed by atoms with Crippen LogP contribution in [0.1, 0.15) is 79.8 Å². The Labute approximate surface area is 362 Å². The fourth-order valence-corrected chi connectivity index (χ4v) is 7.03. The number of pyridine rings is 1. The van der Waals surface area contributed by atoms with Crippen LogP contribution in [0.2, 0.25) is 0 Å². The van der Waals surface area contributed by atoms with Crippen molar-refractivity contribution in [3.05, 3.63) is 87.4 Å². The number of anilines is 1. The minimum Gasteiger partial charge on any atom is -0.491 e. The molecule has 5 aromatic heterocycles. The lowest BCUT2D eigenvalue weighted by Crippen LogP contribution is -2.25. The molecule has 0 unspecified atom stereocenters. The number of imidazole rings is 1. The Morgan fingerprint density at radius 3 is 2.16 bits per heavy atom. The number of carbonyl (C=O) groups excluding carboxylic acids is 5. The van der Waals surface area contributed by atoms with Crippen LogP contribution in [0.4, 0.5) is 5.95 Å². The zero-order chi connectivity index (χ0) is 45.5. The highest BCUT2D eigenvalue weighted by Gasteiger charge is 2.21. The fourth-order valence-electron chi connectivity index (χ4n) is 5.99. The van der Waals surface area contributed by atoms with Gasteiger partial charge in [0.25, 0.3) is 11.8 Å². The van der Waals surface area contributed by atoms with Crippen LogP contribution in [0.25, 0.3) is 21.4 Å². The van der Waals surface area contributed by atoms with Crippen molar-refractivity contribution in [3.63, 3.8) is 0 Å². The maximum absolute atomic E-state index is 13.6. The molecule has 0 aliphatic rings. The van der Waals surface area contributed by atoms with E-state index in [9.17, 15) is 24.0 Å². The minimum absolute atomic E-state index is 0.186. The first-order chi connectivity index (χ1) is 29.8. The summed E-state index contributed by atoms with van der Waals surface area (Å²) in [7, 11) is 7.26. The lowest BCUT2D eigenvalue weighted by Gasteiger charge is -2.12. The lowest BCUT2D eigenvalue weighted by atomic mass is 10.2. The zero-order valence-electron chi connectivity index (χ0n) is 36.2. The van der Waals surface area contributed by atoms with Gasteiger partial charge >= 0.3 is 0 Å². The molecule has 21 heteroatoms. The van der Waals surface area contributed by atoms with Gasteiger partial charge in [0.05, 0.1) is 33.8 Å². The van der Waals surface area contributed by atoms with Crippen LogP contribution in [0.15, 0.2) is 53.7 Å². The summed E-state index contributed by atoms with van der Waals surface area (Å²) in [5.74, 6) is -0.991. The van der Waals surface area contributed by atoms with Crippen LogP contribution in [0.3, 0.4) is 0 Å². The van der Waals surface area contributed by atoms with Gasteiger partial charge in [0.15, 0.2) is 10.4 Å². The fraction of sp³-hybridized carbons (Fsp3) is 0.366. The van der Waals surface area contributed by atoms with Crippen molar-refractivity contribution in [2.24, 2.45) is 16.5 Å². The van der Waals surface area contributed by atoms with Gasteiger partial charge in [0, 0.05) is 58.5 Å². The van der Waals surface area contributed by atoms with E-state index < -0.39 is 17.7 Å². The summed E-state index contributed by atoms with van der Waals surface area (Å²) in [4.78, 5) is 75.8.